The molecular weight excluding hydrogens is 346 g/mol. The molecule has 2 heterocycles. The van der Waals surface area contributed by atoms with Gasteiger partial charge in [-0.25, -0.2) is 0 Å². The molecule has 1 aliphatic heterocycles. The standard InChI is InChI=1S/C19H25N5O3/c1-13(2)24-11-10-21-18(26)15(24)12-17(25)20-9-8-16-22-19(27-23-16)14-6-4-3-5-7-14/h3-7,13,15H,8-12H2,1-2H3,(H,20,25)(H,21,26)/t15-/m0/s1. The number of nitrogens with zero attached hydrogens (tertiary/aromatic N) is 3. The monoisotopic (exact) mass is 371 g/mol. The summed E-state index contributed by atoms with van der Waals surface area (Å²) in [6, 6.07) is 9.31. The van der Waals surface area contributed by atoms with Crippen molar-refractivity contribution in [3.8, 4) is 11.5 Å². The Morgan fingerprint density at radius 1 is 1.37 bits per heavy atom. The normalized spacial score (nSPS) is 17.7. The highest BCUT2D eigenvalue weighted by molar-refractivity contribution is 5.88. The summed E-state index contributed by atoms with van der Waals surface area (Å²) in [7, 11) is 0. The Morgan fingerprint density at radius 3 is 2.89 bits per heavy atom. The number of carbonyl (C=O) groups is 2. The van der Waals surface area contributed by atoms with Gasteiger partial charge in [-0.3, -0.25) is 14.5 Å². The molecule has 27 heavy (non-hydrogen) atoms. The summed E-state index contributed by atoms with van der Waals surface area (Å²) >= 11 is 0. The number of nitrogens with one attached hydrogen (secondary N) is 2. The molecule has 8 heteroatoms. The first-order chi connectivity index (χ1) is 13.0. The lowest BCUT2D eigenvalue weighted by atomic mass is 10.1. The highest BCUT2D eigenvalue weighted by Gasteiger charge is 2.32. The van der Waals surface area contributed by atoms with E-state index in [1.165, 1.54) is 0 Å². The maximum Gasteiger partial charge on any atom is 0.257 e. The summed E-state index contributed by atoms with van der Waals surface area (Å²) in [5.41, 5.74) is 0.859. The van der Waals surface area contributed by atoms with Crippen molar-refractivity contribution < 1.29 is 14.1 Å². The molecule has 3 rings (SSSR count). The number of hydrogen-bond donors (Lipinski definition) is 2. The van der Waals surface area contributed by atoms with Crippen molar-refractivity contribution in [1.29, 1.82) is 0 Å². The third kappa shape index (κ3) is 4.91. The maximum atomic E-state index is 12.3. The van der Waals surface area contributed by atoms with Gasteiger partial charge in [-0.05, 0) is 26.0 Å². The van der Waals surface area contributed by atoms with Crippen LogP contribution in [0.4, 0.5) is 0 Å². The van der Waals surface area contributed by atoms with Gasteiger partial charge in [0, 0.05) is 37.7 Å². The van der Waals surface area contributed by atoms with Crippen LogP contribution in [0.15, 0.2) is 34.9 Å². The summed E-state index contributed by atoms with van der Waals surface area (Å²) in [4.78, 5) is 30.8. The Labute approximate surface area is 158 Å². The highest BCUT2D eigenvalue weighted by Crippen LogP contribution is 2.16. The number of rotatable bonds is 7. The molecule has 1 aromatic heterocycles. The molecule has 0 bridgehead atoms. The molecular formula is C19H25N5O3. The van der Waals surface area contributed by atoms with Crippen LogP contribution in [0.1, 0.15) is 26.1 Å². The van der Waals surface area contributed by atoms with E-state index in [2.05, 4.69) is 25.7 Å². The van der Waals surface area contributed by atoms with E-state index in [-0.39, 0.29) is 24.3 Å². The minimum atomic E-state index is -0.423. The van der Waals surface area contributed by atoms with Crippen molar-refractivity contribution in [2.45, 2.75) is 38.8 Å². The lowest BCUT2D eigenvalue weighted by Crippen LogP contribution is -2.58. The van der Waals surface area contributed by atoms with Crippen molar-refractivity contribution in [3.05, 3.63) is 36.2 Å². The number of hydrogen-bond acceptors (Lipinski definition) is 6. The molecule has 1 saturated heterocycles. The second kappa shape index (κ2) is 8.77. The Kier molecular flexibility index (Phi) is 6.18. The van der Waals surface area contributed by atoms with Gasteiger partial charge in [0.1, 0.15) is 0 Å². The quantitative estimate of drug-likeness (QED) is 0.753. The predicted molar refractivity (Wildman–Crippen MR) is 99.7 cm³/mol. The van der Waals surface area contributed by atoms with E-state index < -0.39 is 6.04 Å². The number of amides is 2. The SMILES string of the molecule is CC(C)N1CCNC(=O)[C@@H]1CC(=O)NCCc1noc(-c2ccccc2)n1. The first-order valence-electron chi connectivity index (χ1n) is 9.22. The van der Waals surface area contributed by atoms with E-state index in [0.29, 0.717) is 31.2 Å². The molecule has 1 atom stereocenters. The van der Waals surface area contributed by atoms with Crippen molar-refractivity contribution >= 4 is 11.8 Å². The molecule has 0 saturated carbocycles. The maximum absolute atomic E-state index is 12.3. The van der Waals surface area contributed by atoms with E-state index in [1.807, 2.05) is 44.2 Å². The number of piperazine rings is 1. The van der Waals surface area contributed by atoms with Gasteiger partial charge in [0.2, 0.25) is 11.8 Å². The Hall–Kier alpha value is -2.74. The van der Waals surface area contributed by atoms with Crippen molar-refractivity contribution in [3.63, 3.8) is 0 Å². The van der Waals surface area contributed by atoms with Crippen LogP contribution in [0.5, 0.6) is 0 Å². The minimum Gasteiger partial charge on any atom is -0.356 e. The van der Waals surface area contributed by atoms with Crippen LogP contribution in [0.2, 0.25) is 0 Å². The first kappa shape index (κ1) is 19.0. The van der Waals surface area contributed by atoms with Crippen LogP contribution in [0.25, 0.3) is 11.5 Å². The molecule has 1 aliphatic rings. The molecule has 1 aromatic carbocycles. The van der Waals surface area contributed by atoms with Gasteiger partial charge >= 0.3 is 0 Å². The van der Waals surface area contributed by atoms with E-state index in [9.17, 15) is 9.59 Å². The van der Waals surface area contributed by atoms with Gasteiger partial charge in [-0.2, -0.15) is 4.98 Å². The Morgan fingerprint density at radius 2 is 2.15 bits per heavy atom. The van der Waals surface area contributed by atoms with Crippen molar-refractivity contribution in [2.24, 2.45) is 0 Å². The summed E-state index contributed by atoms with van der Waals surface area (Å²) in [5, 5.41) is 9.61. The zero-order valence-electron chi connectivity index (χ0n) is 15.6. The van der Waals surface area contributed by atoms with E-state index in [1.54, 1.807) is 0 Å². The highest BCUT2D eigenvalue weighted by atomic mass is 16.5. The second-order valence-corrected chi connectivity index (χ2v) is 6.82. The zero-order chi connectivity index (χ0) is 19.2. The van der Waals surface area contributed by atoms with Crippen LogP contribution < -0.4 is 10.6 Å². The third-order valence-corrected chi connectivity index (χ3v) is 4.57. The molecule has 1 fully saturated rings. The van der Waals surface area contributed by atoms with Crippen molar-refractivity contribution in [2.75, 3.05) is 19.6 Å². The van der Waals surface area contributed by atoms with Gasteiger partial charge in [0.05, 0.1) is 12.5 Å². The van der Waals surface area contributed by atoms with E-state index >= 15 is 0 Å². The predicted octanol–water partition coefficient (Wildman–Crippen LogP) is 0.994. The van der Waals surface area contributed by atoms with Crippen LogP contribution in [-0.2, 0) is 16.0 Å². The van der Waals surface area contributed by atoms with Gasteiger partial charge in [0.15, 0.2) is 5.82 Å². The van der Waals surface area contributed by atoms with E-state index in [0.717, 1.165) is 12.1 Å². The fraction of sp³-hybridized carbons (Fsp3) is 0.474. The zero-order valence-corrected chi connectivity index (χ0v) is 15.6. The lowest BCUT2D eigenvalue weighted by Gasteiger charge is -2.37. The second-order valence-electron chi connectivity index (χ2n) is 6.82. The molecule has 0 radical (unpaired) electrons. The molecule has 144 valence electrons. The van der Waals surface area contributed by atoms with Crippen molar-refractivity contribution in [1.82, 2.24) is 25.7 Å². The molecule has 8 nitrogen and oxygen atoms in total. The van der Waals surface area contributed by atoms with Crippen LogP contribution >= 0.6 is 0 Å². The lowest BCUT2D eigenvalue weighted by molar-refractivity contribution is -0.134. The fourth-order valence-electron chi connectivity index (χ4n) is 3.18. The fourth-order valence-corrected chi connectivity index (χ4v) is 3.18. The molecule has 2 amide bonds. The molecule has 0 aliphatic carbocycles. The summed E-state index contributed by atoms with van der Waals surface area (Å²) < 4.78 is 5.25. The Bertz CT molecular complexity index is 775. The molecule has 0 spiro atoms. The van der Waals surface area contributed by atoms with Crippen LogP contribution in [-0.4, -0.2) is 58.6 Å². The largest absolute Gasteiger partial charge is 0.356 e. The van der Waals surface area contributed by atoms with Gasteiger partial charge < -0.3 is 15.2 Å². The summed E-state index contributed by atoms with van der Waals surface area (Å²) in [5.74, 6) is 0.752. The molecule has 2 N–H and O–H groups in total. The summed E-state index contributed by atoms with van der Waals surface area (Å²) in [6.45, 7) is 5.83. The number of benzene rings is 1. The smallest absolute Gasteiger partial charge is 0.257 e. The van der Waals surface area contributed by atoms with Crippen LogP contribution in [0.3, 0.4) is 0 Å². The molecule has 0 unspecified atom stereocenters. The van der Waals surface area contributed by atoms with Gasteiger partial charge in [0.25, 0.3) is 5.89 Å². The summed E-state index contributed by atoms with van der Waals surface area (Å²) in [6.07, 6.45) is 0.609. The topological polar surface area (TPSA) is 100 Å². The minimum absolute atomic E-state index is 0.0872. The average Bonchev–Trinajstić information content (AvgIpc) is 3.13. The average molecular weight is 371 g/mol. The third-order valence-electron chi connectivity index (χ3n) is 4.57. The number of aromatic nitrogens is 2. The van der Waals surface area contributed by atoms with E-state index in [4.69, 9.17) is 4.52 Å². The van der Waals surface area contributed by atoms with Gasteiger partial charge in [-0.1, -0.05) is 23.4 Å². The van der Waals surface area contributed by atoms with Gasteiger partial charge in [-0.15, -0.1) is 0 Å². The van der Waals surface area contributed by atoms with Crippen LogP contribution in [0, 0.1) is 0 Å². The number of carbonyl (C=O) groups excluding carboxylic acids is 2. The Balaban J connectivity index is 1.48. The molecule has 2 aromatic rings. The first-order valence-corrected chi connectivity index (χ1v) is 9.22.